The first-order valence-electron chi connectivity index (χ1n) is 7.82. The van der Waals surface area contributed by atoms with Gasteiger partial charge in [0.1, 0.15) is 0 Å². The molecule has 0 bridgehead atoms. The standard InChI is InChI=1S/C19H13Cl2NO3/c20-14-5-1-3-11-7-8-22(10-13(11)14)19(24)17-9-16(23)12-4-2-6-15(21)18(12)25-17/h1-6,9H,7-8,10H2. The fourth-order valence-electron chi connectivity index (χ4n) is 3.12. The number of carbonyl (C=O) groups excluding carboxylic acids is 1. The van der Waals surface area contributed by atoms with E-state index in [0.717, 1.165) is 11.1 Å². The van der Waals surface area contributed by atoms with Crippen molar-refractivity contribution in [3.63, 3.8) is 0 Å². The Morgan fingerprint density at radius 2 is 1.84 bits per heavy atom. The molecule has 0 spiro atoms. The zero-order valence-corrected chi connectivity index (χ0v) is 14.6. The van der Waals surface area contributed by atoms with E-state index in [-0.39, 0.29) is 22.7 Å². The maximum atomic E-state index is 12.8. The summed E-state index contributed by atoms with van der Waals surface area (Å²) in [4.78, 5) is 26.8. The molecule has 1 amide bonds. The molecule has 0 fully saturated rings. The van der Waals surface area contributed by atoms with Crippen molar-refractivity contribution in [2.24, 2.45) is 0 Å². The molecule has 4 nitrogen and oxygen atoms in total. The first kappa shape index (κ1) is 16.2. The lowest BCUT2D eigenvalue weighted by molar-refractivity contribution is 0.0703. The van der Waals surface area contributed by atoms with Crippen LogP contribution in [0.3, 0.4) is 0 Å². The van der Waals surface area contributed by atoms with Gasteiger partial charge in [-0.25, -0.2) is 0 Å². The SMILES string of the molecule is O=C(c1cc(=O)c2cccc(Cl)c2o1)N1CCc2cccc(Cl)c2C1. The number of para-hydroxylation sites is 1. The number of carbonyl (C=O) groups is 1. The molecule has 3 aromatic rings. The van der Waals surface area contributed by atoms with Crippen LogP contribution in [0, 0.1) is 0 Å². The van der Waals surface area contributed by atoms with Crippen LogP contribution < -0.4 is 5.43 Å². The van der Waals surface area contributed by atoms with Crippen molar-refractivity contribution in [1.82, 2.24) is 4.90 Å². The van der Waals surface area contributed by atoms with Gasteiger partial charge in [-0.3, -0.25) is 9.59 Å². The minimum atomic E-state index is -0.343. The van der Waals surface area contributed by atoms with E-state index in [1.54, 1.807) is 23.1 Å². The van der Waals surface area contributed by atoms with Gasteiger partial charge in [0.15, 0.2) is 16.8 Å². The van der Waals surface area contributed by atoms with Gasteiger partial charge in [0, 0.05) is 24.2 Å². The summed E-state index contributed by atoms with van der Waals surface area (Å²) in [5.41, 5.74) is 2.02. The molecule has 0 atom stereocenters. The Bertz CT molecular complexity index is 1060. The highest BCUT2D eigenvalue weighted by atomic mass is 35.5. The Labute approximate surface area is 153 Å². The summed E-state index contributed by atoms with van der Waals surface area (Å²) in [7, 11) is 0. The Hall–Kier alpha value is -2.30. The number of nitrogens with zero attached hydrogens (tertiary/aromatic N) is 1. The molecular weight excluding hydrogens is 361 g/mol. The number of hydrogen-bond donors (Lipinski definition) is 0. The van der Waals surface area contributed by atoms with E-state index in [4.69, 9.17) is 27.6 Å². The molecule has 1 aromatic heterocycles. The van der Waals surface area contributed by atoms with Crippen molar-refractivity contribution in [3.8, 4) is 0 Å². The third-order valence-corrected chi connectivity index (χ3v) is 5.07. The number of fused-ring (bicyclic) bond motifs is 2. The van der Waals surface area contributed by atoms with Crippen LogP contribution in [0.15, 0.2) is 51.7 Å². The van der Waals surface area contributed by atoms with Crippen LogP contribution in [0.5, 0.6) is 0 Å². The van der Waals surface area contributed by atoms with Gasteiger partial charge in [-0.05, 0) is 35.7 Å². The van der Waals surface area contributed by atoms with Crippen LogP contribution in [-0.4, -0.2) is 17.4 Å². The summed E-state index contributed by atoms with van der Waals surface area (Å²) in [5.74, 6) is -0.356. The summed E-state index contributed by atoms with van der Waals surface area (Å²) in [6.07, 6.45) is 0.709. The number of halogens is 2. The van der Waals surface area contributed by atoms with Crippen LogP contribution in [0.25, 0.3) is 11.0 Å². The van der Waals surface area contributed by atoms with Gasteiger partial charge in [0.2, 0.25) is 0 Å². The Kier molecular flexibility index (Phi) is 4.02. The molecular formula is C19H13Cl2NO3. The molecule has 4 rings (SSSR count). The van der Waals surface area contributed by atoms with Gasteiger partial charge in [0.25, 0.3) is 5.91 Å². The monoisotopic (exact) mass is 373 g/mol. The fraction of sp³-hybridized carbons (Fsp3) is 0.158. The van der Waals surface area contributed by atoms with E-state index >= 15 is 0 Å². The average Bonchev–Trinajstić information content (AvgIpc) is 2.62. The predicted molar refractivity (Wildman–Crippen MR) is 97.4 cm³/mol. The lowest BCUT2D eigenvalue weighted by Crippen LogP contribution is -2.36. The molecule has 25 heavy (non-hydrogen) atoms. The third kappa shape index (κ3) is 2.81. The normalized spacial score (nSPS) is 13.8. The molecule has 0 unspecified atom stereocenters. The lowest BCUT2D eigenvalue weighted by Gasteiger charge is -2.29. The van der Waals surface area contributed by atoms with Crippen molar-refractivity contribution in [3.05, 3.63) is 79.6 Å². The second kappa shape index (κ2) is 6.21. The fourth-order valence-corrected chi connectivity index (χ4v) is 3.58. The molecule has 1 aliphatic rings. The molecule has 0 saturated carbocycles. The minimum absolute atomic E-state index is 0.0129. The first-order valence-corrected chi connectivity index (χ1v) is 8.58. The van der Waals surface area contributed by atoms with Crippen LogP contribution in [0.4, 0.5) is 0 Å². The summed E-state index contributed by atoms with van der Waals surface area (Å²) in [6, 6.07) is 11.9. The van der Waals surface area contributed by atoms with E-state index in [1.165, 1.54) is 6.07 Å². The van der Waals surface area contributed by atoms with Crippen LogP contribution in [-0.2, 0) is 13.0 Å². The Morgan fingerprint density at radius 3 is 2.68 bits per heavy atom. The third-order valence-electron chi connectivity index (χ3n) is 4.42. The van der Waals surface area contributed by atoms with Gasteiger partial charge >= 0.3 is 0 Å². The van der Waals surface area contributed by atoms with Crippen molar-refractivity contribution in [2.75, 3.05) is 6.54 Å². The predicted octanol–water partition coefficient (Wildman–Crippen LogP) is 4.30. The molecule has 0 aliphatic carbocycles. The minimum Gasteiger partial charge on any atom is -0.449 e. The second-order valence-electron chi connectivity index (χ2n) is 5.95. The van der Waals surface area contributed by atoms with Crippen LogP contribution >= 0.6 is 23.2 Å². The second-order valence-corrected chi connectivity index (χ2v) is 6.76. The van der Waals surface area contributed by atoms with Crippen molar-refractivity contribution >= 4 is 40.1 Å². The quantitative estimate of drug-likeness (QED) is 0.638. The highest BCUT2D eigenvalue weighted by Gasteiger charge is 2.25. The Balaban J connectivity index is 1.73. The molecule has 0 saturated heterocycles. The highest BCUT2D eigenvalue weighted by Crippen LogP contribution is 2.28. The van der Waals surface area contributed by atoms with E-state index in [1.807, 2.05) is 18.2 Å². The lowest BCUT2D eigenvalue weighted by atomic mass is 9.99. The molecule has 2 heterocycles. The van der Waals surface area contributed by atoms with E-state index < -0.39 is 0 Å². The topological polar surface area (TPSA) is 50.5 Å². The van der Waals surface area contributed by atoms with E-state index in [0.29, 0.717) is 34.9 Å². The maximum Gasteiger partial charge on any atom is 0.290 e. The smallest absolute Gasteiger partial charge is 0.290 e. The average molecular weight is 374 g/mol. The highest BCUT2D eigenvalue weighted by molar-refractivity contribution is 6.34. The molecule has 2 aromatic carbocycles. The van der Waals surface area contributed by atoms with E-state index in [2.05, 4.69) is 0 Å². The Morgan fingerprint density at radius 1 is 1.08 bits per heavy atom. The summed E-state index contributed by atoms with van der Waals surface area (Å²) in [6.45, 7) is 0.925. The van der Waals surface area contributed by atoms with Gasteiger partial charge in [-0.1, -0.05) is 41.4 Å². The number of hydrogen-bond acceptors (Lipinski definition) is 3. The van der Waals surface area contributed by atoms with Crippen molar-refractivity contribution in [2.45, 2.75) is 13.0 Å². The van der Waals surface area contributed by atoms with Crippen molar-refractivity contribution in [1.29, 1.82) is 0 Å². The number of amides is 1. The van der Waals surface area contributed by atoms with Crippen LogP contribution in [0.2, 0.25) is 10.0 Å². The maximum absolute atomic E-state index is 12.8. The molecule has 1 aliphatic heterocycles. The van der Waals surface area contributed by atoms with Gasteiger partial charge in [-0.15, -0.1) is 0 Å². The zero-order valence-electron chi connectivity index (χ0n) is 13.1. The molecule has 0 radical (unpaired) electrons. The number of rotatable bonds is 1. The van der Waals surface area contributed by atoms with Crippen LogP contribution in [0.1, 0.15) is 21.7 Å². The summed E-state index contributed by atoms with van der Waals surface area (Å²) in [5, 5.41) is 1.30. The van der Waals surface area contributed by atoms with Gasteiger partial charge < -0.3 is 9.32 Å². The van der Waals surface area contributed by atoms with Gasteiger partial charge in [-0.2, -0.15) is 0 Å². The van der Waals surface area contributed by atoms with Crippen molar-refractivity contribution < 1.29 is 9.21 Å². The first-order chi connectivity index (χ1) is 12.0. The number of benzene rings is 2. The largest absolute Gasteiger partial charge is 0.449 e. The molecule has 0 N–H and O–H groups in total. The summed E-state index contributed by atoms with van der Waals surface area (Å²) >= 11 is 12.4. The molecule has 6 heteroatoms. The summed E-state index contributed by atoms with van der Waals surface area (Å²) < 4.78 is 5.65. The van der Waals surface area contributed by atoms with E-state index in [9.17, 15) is 9.59 Å². The molecule has 126 valence electrons. The zero-order chi connectivity index (χ0) is 17.6. The van der Waals surface area contributed by atoms with Gasteiger partial charge in [0.05, 0.1) is 10.4 Å².